The molecular weight excluding hydrogens is 351 g/mol. The average Bonchev–Trinajstić information content (AvgIpc) is 2.67. The molecule has 1 unspecified atom stereocenters. The zero-order valence-electron chi connectivity index (χ0n) is 14.9. The summed E-state index contributed by atoms with van der Waals surface area (Å²) < 4.78 is 18.1. The number of carbonyl (C=O) groups is 2. The van der Waals surface area contributed by atoms with Crippen LogP contribution in [0, 0.1) is 5.82 Å². The highest BCUT2D eigenvalue weighted by Crippen LogP contribution is 2.36. The Hall–Kier alpha value is -2.93. The number of ether oxygens (including phenoxy) is 1. The maximum absolute atomic E-state index is 12.9. The summed E-state index contributed by atoms with van der Waals surface area (Å²) in [6.07, 6.45) is 2.05. The average molecular weight is 372 g/mol. The molecule has 0 aromatic heterocycles. The van der Waals surface area contributed by atoms with Gasteiger partial charge in [0, 0.05) is 5.69 Å². The van der Waals surface area contributed by atoms with Crippen molar-refractivity contribution in [2.24, 2.45) is 0 Å². The molecule has 1 aliphatic rings. The van der Waals surface area contributed by atoms with Gasteiger partial charge in [0.1, 0.15) is 17.2 Å². The van der Waals surface area contributed by atoms with Crippen LogP contribution in [0.5, 0.6) is 5.75 Å². The van der Waals surface area contributed by atoms with E-state index in [4.69, 9.17) is 4.74 Å². The molecule has 142 valence electrons. The summed E-state index contributed by atoms with van der Waals surface area (Å²) in [5.41, 5.74) is 0.762. The zero-order valence-corrected chi connectivity index (χ0v) is 14.9. The van der Waals surface area contributed by atoms with Gasteiger partial charge in [0.2, 0.25) is 0 Å². The van der Waals surface area contributed by atoms with Gasteiger partial charge in [-0.05, 0) is 66.8 Å². The van der Waals surface area contributed by atoms with Gasteiger partial charge in [-0.1, -0.05) is 6.07 Å². The third-order valence-electron chi connectivity index (χ3n) is 4.70. The topological polar surface area (TPSA) is 87.7 Å². The number of anilines is 1. The van der Waals surface area contributed by atoms with Crippen molar-refractivity contribution in [2.45, 2.75) is 24.9 Å². The molecule has 2 aromatic carbocycles. The number of hydrogen-bond acceptors (Lipinski definition) is 4. The van der Waals surface area contributed by atoms with Crippen LogP contribution in [-0.4, -0.2) is 30.6 Å². The van der Waals surface area contributed by atoms with E-state index in [0.717, 1.165) is 24.0 Å². The van der Waals surface area contributed by atoms with Crippen LogP contribution < -0.4 is 15.4 Å². The summed E-state index contributed by atoms with van der Waals surface area (Å²) in [6, 6.07) is 10.5. The van der Waals surface area contributed by atoms with E-state index in [1.165, 1.54) is 24.3 Å². The van der Waals surface area contributed by atoms with Gasteiger partial charge in [0.25, 0.3) is 0 Å². The molecule has 0 heterocycles. The Morgan fingerprint density at radius 1 is 1.19 bits per heavy atom. The van der Waals surface area contributed by atoms with Gasteiger partial charge in [-0.3, -0.25) is 9.59 Å². The van der Waals surface area contributed by atoms with E-state index < -0.39 is 23.2 Å². The number of halogens is 1. The van der Waals surface area contributed by atoms with E-state index in [9.17, 15) is 19.1 Å². The summed E-state index contributed by atoms with van der Waals surface area (Å²) in [5, 5.41) is 15.9. The first-order valence-corrected chi connectivity index (χ1v) is 8.66. The molecule has 6 nitrogen and oxygen atoms in total. The van der Waals surface area contributed by atoms with Crippen molar-refractivity contribution < 1.29 is 23.8 Å². The monoisotopic (exact) mass is 372 g/mol. The highest BCUT2D eigenvalue weighted by Gasteiger charge is 2.35. The molecule has 0 radical (unpaired) electrons. The molecular formula is C20H21FN2O4. The molecule has 27 heavy (non-hydrogen) atoms. The molecule has 0 saturated carbocycles. The molecule has 3 N–H and O–H groups in total. The lowest BCUT2D eigenvalue weighted by Gasteiger charge is -2.34. The Kier molecular flexibility index (Phi) is 5.41. The highest BCUT2D eigenvalue weighted by atomic mass is 19.1. The Balaban J connectivity index is 1.64. The lowest BCUT2D eigenvalue weighted by atomic mass is 9.79. The molecule has 0 spiro atoms. The first-order chi connectivity index (χ1) is 12.9. The molecule has 0 bridgehead atoms. The first kappa shape index (κ1) is 18.8. The number of benzene rings is 2. The van der Waals surface area contributed by atoms with Crippen molar-refractivity contribution >= 4 is 17.5 Å². The second-order valence-electron chi connectivity index (χ2n) is 6.55. The Morgan fingerprint density at radius 2 is 1.93 bits per heavy atom. The van der Waals surface area contributed by atoms with Crippen LogP contribution in [0.1, 0.15) is 24.0 Å². The molecule has 1 aliphatic carbocycles. The second kappa shape index (κ2) is 7.75. The number of fused-ring (bicyclic) bond motifs is 1. The zero-order chi connectivity index (χ0) is 19.4. The predicted octanol–water partition coefficient (Wildman–Crippen LogP) is 2.11. The van der Waals surface area contributed by atoms with Gasteiger partial charge >= 0.3 is 11.8 Å². The van der Waals surface area contributed by atoms with Crippen LogP contribution in [0.4, 0.5) is 10.1 Å². The minimum Gasteiger partial charge on any atom is -0.497 e. The summed E-state index contributed by atoms with van der Waals surface area (Å²) in [6.45, 7) is -0.0813. The lowest BCUT2D eigenvalue weighted by Crippen LogP contribution is -2.46. The van der Waals surface area contributed by atoms with Crippen molar-refractivity contribution in [3.63, 3.8) is 0 Å². The summed E-state index contributed by atoms with van der Waals surface area (Å²) in [7, 11) is 1.58. The molecule has 0 saturated heterocycles. The largest absolute Gasteiger partial charge is 0.497 e. The van der Waals surface area contributed by atoms with Gasteiger partial charge in [-0.15, -0.1) is 0 Å². The fourth-order valence-corrected chi connectivity index (χ4v) is 3.28. The minimum absolute atomic E-state index is 0.0813. The quantitative estimate of drug-likeness (QED) is 0.718. The lowest BCUT2D eigenvalue weighted by molar-refractivity contribution is -0.137. The number of aliphatic hydroxyl groups is 1. The van der Waals surface area contributed by atoms with Crippen molar-refractivity contribution in [1.29, 1.82) is 0 Å². The van der Waals surface area contributed by atoms with Crippen LogP contribution in [0.3, 0.4) is 0 Å². The second-order valence-corrected chi connectivity index (χ2v) is 6.55. The van der Waals surface area contributed by atoms with E-state index in [1.54, 1.807) is 19.2 Å². The predicted molar refractivity (Wildman–Crippen MR) is 97.9 cm³/mol. The fourth-order valence-electron chi connectivity index (χ4n) is 3.28. The number of methoxy groups -OCH3 is 1. The van der Waals surface area contributed by atoms with Crippen molar-refractivity contribution in [3.8, 4) is 5.75 Å². The number of nitrogens with one attached hydrogen (secondary N) is 2. The summed E-state index contributed by atoms with van der Waals surface area (Å²) in [4.78, 5) is 24.1. The normalized spacial score (nSPS) is 18.3. The minimum atomic E-state index is -1.24. The number of hydrogen-bond donors (Lipinski definition) is 3. The van der Waals surface area contributed by atoms with E-state index in [-0.39, 0.29) is 6.54 Å². The van der Waals surface area contributed by atoms with Gasteiger partial charge in [0.05, 0.1) is 13.7 Å². The molecule has 2 amide bonds. The summed E-state index contributed by atoms with van der Waals surface area (Å²) >= 11 is 0. The van der Waals surface area contributed by atoms with E-state index >= 15 is 0 Å². The maximum atomic E-state index is 12.9. The van der Waals surface area contributed by atoms with Crippen LogP contribution in [-0.2, 0) is 21.6 Å². The highest BCUT2D eigenvalue weighted by molar-refractivity contribution is 6.39. The number of carbonyl (C=O) groups excluding carboxylic acids is 2. The molecule has 7 heteroatoms. The molecule has 0 aliphatic heterocycles. The van der Waals surface area contributed by atoms with Crippen LogP contribution in [0.25, 0.3) is 0 Å². The Bertz CT molecular complexity index is 854. The molecule has 0 fully saturated rings. The van der Waals surface area contributed by atoms with Gasteiger partial charge in [-0.25, -0.2) is 4.39 Å². The third kappa shape index (κ3) is 4.25. The number of aryl methyl sites for hydroxylation is 1. The van der Waals surface area contributed by atoms with Crippen molar-refractivity contribution in [1.82, 2.24) is 5.32 Å². The third-order valence-corrected chi connectivity index (χ3v) is 4.70. The maximum Gasteiger partial charge on any atom is 0.313 e. The van der Waals surface area contributed by atoms with Gasteiger partial charge in [-0.2, -0.15) is 0 Å². The molecule has 2 aromatic rings. The van der Waals surface area contributed by atoms with Crippen LogP contribution in [0.2, 0.25) is 0 Å². The molecule has 1 atom stereocenters. The number of rotatable bonds is 4. The van der Waals surface area contributed by atoms with E-state index in [0.29, 0.717) is 17.9 Å². The fraction of sp³-hybridized carbons (Fsp3) is 0.300. The number of amides is 2. The van der Waals surface area contributed by atoms with Crippen molar-refractivity contribution in [2.75, 3.05) is 19.0 Å². The Labute approximate surface area is 156 Å². The SMILES string of the molecule is COc1ccc2c(c1)CCCC2(O)CNC(=O)C(=O)Nc1ccc(F)cc1. The molecule has 3 rings (SSSR count). The summed E-state index contributed by atoms with van der Waals surface area (Å²) in [5.74, 6) is -1.47. The standard InChI is InChI=1S/C20H21FN2O4/c1-27-16-8-9-17-13(11-16)3-2-10-20(17,26)12-22-18(24)19(25)23-15-6-4-14(21)5-7-15/h4-9,11,26H,2-3,10,12H2,1H3,(H,22,24)(H,23,25). The van der Waals surface area contributed by atoms with E-state index in [1.807, 2.05) is 6.07 Å². The van der Waals surface area contributed by atoms with E-state index in [2.05, 4.69) is 10.6 Å². The van der Waals surface area contributed by atoms with Gasteiger partial charge < -0.3 is 20.5 Å². The van der Waals surface area contributed by atoms with Gasteiger partial charge in [0.15, 0.2) is 0 Å². The Morgan fingerprint density at radius 3 is 2.63 bits per heavy atom. The first-order valence-electron chi connectivity index (χ1n) is 8.66. The van der Waals surface area contributed by atoms with Crippen molar-refractivity contribution in [3.05, 3.63) is 59.4 Å². The van der Waals surface area contributed by atoms with Crippen LogP contribution in [0.15, 0.2) is 42.5 Å². The van der Waals surface area contributed by atoms with Crippen LogP contribution >= 0.6 is 0 Å². The smallest absolute Gasteiger partial charge is 0.313 e.